The maximum Gasteiger partial charge on any atom is 0.345 e. The van der Waals surface area contributed by atoms with Gasteiger partial charge in [-0.3, -0.25) is 9.89 Å². The van der Waals surface area contributed by atoms with Crippen molar-refractivity contribution in [3.63, 3.8) is 0 Å². The largest absolute Gasteiger partial charge is 0.462 e. The highest BCUT2D eigenvalue weighted by molar-refractivity contribution is 6.31. The van der Waals surface area contributed by atoms with Crippen LogP contribution in [0.15, 0.2) is 35.3 Å². The Morgan fingerprint density at radius 3 is 2.96 bits per heavy atom. The highest BCUT2D eigenvalue weighted by atomic mass is 35.5. The third-order valence-electron chi connectivity index (χ3n) is 3.27. The van der Waals surface area contributed by atoms with Gasteiger partial charge in [0, 0.05) is 11.6 Å². The van der Waals surface area contributed by atoms with Crippen molar-refractivity contribution in [1.29, 1.82) is 0 Å². The summed E-state index contributed by atoms with van der Waals surface area (Å²) in [6, 6.07) is 7.38. The van der Waals surface area contributed by atoms with Gasteiger partial charge in [0.15, 0.2) is 0 Å². The van der Waals surface area contributed by atoms with Crippen LogP contribution in [0.5, 0.6) is 0 Å². The minimum absolute atomic E-state index is 0.148. The molecule has 0 amide bonds. The van der Waals surface area contributed by atoms with Crippen LogP contribution in [-0.4, -0.2) is 32.2 Å². The lowest BCUT2D eigenvalue weighted by Gasteiger charge is -2.04. The first-order chi connectivity index (χ1) is 11.6. The first kappa shape index (κ1) is 16.0. The number of H-pyrrole nitrogens is 1. The summed E-state index contributed by atoms with van der Waals surface area (Å²) in [5.41, 5.74) is 0.152. The summed E-state index contributed by atoms with van der Waals surface area (Å²) in [5.74, 6) is -0.236. The third-order valence-corrected chi connectivity index (χ3v) is 3.64. The summed E-state index contributed by atoms with van der Waals surface area (Å²) in [5, 5.41) is 6.41. The Balaban J connectivity index is 1.86. The van der Waals surface area contributed by atoms with Gasteiger partial charge in [-0.15, -0.1) is 0 Å². The van der Waals surface area contributed by atoms with Crippen molar-refractivity contribution in [2.24, 2.45) is 0 Å². The number of halogens is 1. The average molecular weight is 348 g/mol. The molecule has 8 nitrogen and oxygen atoms in total. The number of nitrogens with zero attached hydrogens (tertiary/aromatic N) is 3. The number of anilines is 1. The Kier molecular flexibility index (Phi) is 4.48. The van der Waals surface area contributed by atoms with Crippen molar-refractivity contribution >= 4 is 29.3 Å². The van der Waals surface area contributed by atoms with Crippen molar-refractivity contribution in [1.82, 2.24) is 19.6 Å². The number of fused-ring (bicyclic) bond motifs is 1. The van der Waals surface area contributed by atoms with Crippen LogP contribution in [0.2, 0.25) is 5.02 Å². The van der Waals surface area contributed by atoms with Crippen LogP contribution in [0.4, 0.5) is 5.95 Å². The van der Waals surface area contributed by atoms with Crippen molar-refractivity contribution in [3.8, 4) is 0 Å². The van der Waals surface area contributed by atoms with Crippen LogP contribution in [0.1, 0.15) is 22.8 Å². The SMILES string of the molecule is CCOC(=O)c1cnc2nc(NCc3ccccc3Cl)[nH]n2c1=O. The molecule has 0 saturated carbocycles. The van der Waals surface area contributed by atoms with Gasteiger partial charge < -0.3 is 10.1 Å². The molecular formula is C15H14ClN5O3. The van der Waals surface area contributed by atoms with Gasteiger partial charge in [-0.1, -0.05) is 29.8 Å². The van der Waals surface area contributed by atoms with Gasteiger partial charge >= 0.3 is 5.97 Å². The van der Waals surface area contributed by atoms with Crippen LogP contribution < -0.4 is 10.9 Å². The number of hydrogen-bond donors (Lipinski definition) is 2. The van der Waals surface area contributed by atoms with Crippen molar-refractivity contribution in [2.75, 3.05) is 11.9 Å². The Morgan fingerprint density at radius 2 is 2.21 bits per heavy atom. The Morgan fingerprint density at radius 1 is 1.42 bits per heavy atom. The molecule has 24 heavy (non-hydrogen) atoms. The molecule has 2 aromatic heterocycles. The van der Waals surface area contributed by atoms with Gasteiger partial charge in [0.25, 0.3) is 11.3 Å². The van der Waals surface area contributed by atoms with E-state index in [1.165, 1.54) is 0 Å². The number of aromatic amines is 1. The number of rotatable bonds is 5. The Hall–Kier alpha value is -2.87. The van der Waals surface area contributed by atoms with Crippen LogP contribution in [-0.2, 0) is 11.3 Å². The van der Waals surface area contributed by atoms with Gasteiger partial charge in [0.05, 0.1) is 12.8 Å². The van der Waals surface area contributed by atoms with Crippen molar-refractivity contribution < 1.29 is 9.53 Å². The number of ether oxygens (including phenoxy) is 1. The molecule has 0 unspecified atom stereocenters. The normalized spacial score (nSPS) is 10.8. The topological polar surface area (TPSA) is 101 Å². The summed E-state index contributed by atoms with van der Waals surface area (Å²) in [6.07, 6.45) is 1.16. The van der Waals surface area contributed by atoms with Crippen LogP contribution >= 0.6 is 11.6 Å². The highest BCUT2D eigenvalue weighted by Gasteiger charge is 2.16. The van der Waals surface area contributed by atoms with Gasteiger partial charge in [-0.25, -0.2) is 9.78 Å². The molecule has 0 spiro atoms. The molecule has 2 N–H and O–H groups in total. The van der Waals surface area contributed by atoms with Crippen molar-refractivity contribution in [3.05, 3.63) is 57.0 Å². The lowest BCUT2D eigenvalue weighted by molar-refractivity contribution is 0.0523. The second-order valence-corrected chi connectivity index (χ2v) is 5.26. The Labute approximate surface area is 141 Å². The summed E-state index contributed by atoms with van der Waals surface area (Å²) >= 11 is 6.09. The van der Waals surface area contributed by atoms with E-state index >= 15 is 0 Å². The average Bonchev–Trinajstić information content (AvgIpc) is 2.99. The maximum atomic E-state index is 12.3. The van der Waals surface area contributed by atoms with Gasteiger partial charge in [0.1, 0.15) is 5.56 Å². The minimum atomic E-state index is -0.718. The molecule has 124 valence electrons. The molecule has 0 atom stereocenters. The lowest BCUT2D eigenvalue weighted by Crippen LogP contribution is -2.24. The van der Waals surface area contributed by atoms with Crippen LogP contribution in [0, 0.1) is 0 Å². The van der Waals surface area contributed by atoms with E-state index in [-0.39, 0.29) is 17.9 Å². The lowest BCUT2D eigenvalue weighted by atomic mass is 10.2. The van der Waals surface area contributed by atoms with Gasteiger partial charge in [0.2, 0.25) is 5.95 Å². The van der Waals surface area contributed by atoms with Gasteiger partial charge in [-0.05, 0) is 18.6 Å². The molecule has 0 aliphatic carbocycles. The van der Waals surface area contributed by atoms with E-state index in [1.54, 1.807) is 13.0 Å². The number of aromatic nitrogens is 4. The number of carbonyl (C=O) groups is 1. The summed E-state index contributed by atoms with van der Waals surface area (Å²) in [6.45, 7) is 2.25. The summed E-state index contributed by atoms with van der Waals surface area (Å²) in [4.78, 5) is 32.2. The predicted molar refractivity (Wildman–Crippen MR) is 88.3 cm³/mol. The molecule has 3 aromatic rings. The monoisotopic (exact) mass is 347 g/mol. The van der Waals surface area contributed by atoms with E-state index < -0.39 is 11.5 Å². The van der Waals surface area contributed by atoms with E-state index in [2.05, 4.69) is 20.4 Å². The first-order valence-corrected chi connectivity index (χ1v) is 7.60. The fourth-order valence-corrected chi connectivity index (χ4v) is 2.31. The standard InChI is InChI=1S/C15H14ClN5O3/c1-2-24-13(23)10-8-18-15-19-14(20-21(15)12(10)22)17-7-9-5-3-4-6-11(9)16/h3-6,8H,2,7H2,1H3,(H2,17,18,19,20). The van der Waals surface area contributed by atoms with E-state index in [4.69, 9.17) is 16.3 Å². The van der Waals surface area contributed by atoms with Crippen LogP contribution in [0.25, 0.3) is 5.78 Å². The molecule has 0 radical (unpaired) electrons. The Bertz CT molecular complexity index is 950. The molecule has 1 aromatic carbocycles. The zero-order valence-electron chi connectivity index (χ0n) is 12.7. The molecule has 0 aliphatic heterocycles. The highest BCUT2D eigenvalue weighted by Crippen LogP contribution is 2.15. The molecule has 9 heteroatoms. The zero-order chi connectivity index (χ0) is 17.1. The van der Waals surface area contributed by atoms with Crippen LogP contribution in [0.3, 0.4) is 0 Å². The fraction of sp³-hybridized carbons (Fsp3) is 0.200. The van der Waals surface area contributed by atoms with E-state index in [9.17, 15) is 9.59 Å². The summed E-state index contributed by atoms with van der Waals surface area (Å²) < 4.78 is 5.91. The summed E-state index contributed by atoms with van der Waals surface area (Å²) in [7, 11) is 0. The molecule has 3 rings (SSSR count). The second-order valence-electron chi connectivity index (χ2n) is 4.85. The maximum absolute atomic E-state index is 12.3. The van der Waals surface area contributed by atoms with E-state index in [1.807, 2.05) is 18.2 Å². The smallest absolute Gasteiger partial charge is 0.345 e. The number of hydrogen-bond acceptors (Lipinski definition) is 6. The fourth-order valence-electron chi connectivity index (χ4n) is 2.11. The number of carbonyl (C=O) groups excluding carboxylic acids is 1. The zero-order valence-corrected chi connectivity index (χ0v) is 13.5. The quantitative estimate of drug-likeness (QED) is 0.683. The predicted octanol–water partition coefficient (Wildman–Crippen LogP) is 1.86. The first-order valence-electron chi connectivity index (χ1n) is 7.22. The molecule has 0 aliphatic rings. The number of esters is 1. The second kappa shape index (κ2) is 6.71. The minimum Gasteiger partial charge on any atom is -0.462 e. The third kappa shape index (κ3) is 3.09. The van der Waals surface area contributed by atoms with Crippen molar-refractivity contribution in [2.45, 2.75) is 13.5 Å². The number of nitrogens with one attached hydrogen (secondary N) is 2. The molecular weight excluding hydrogens is 334 g/mol. The number of benzene rings is 1. The van der Waals surface area contributed by atoms with E-state index in [0.29, 0.717) is 17.5 Å². The molecule has 0 bridgehead atoms. The molecule has 0 fully saturated rings. The van der Waals surface area contributed by atoms with E-state index in [0.717, 1.165) is 16.3 Å². The molecule has 2 heterocycles. The van der Waals surface area contributed by atoms with Gasteiger partial charge in [-0.2, -0.15) is 9.50 Å². The molecule has 0 saturated heterocycles.